The van der Waals surface area contributed by atoms with Gasteiger partial charge in [-0.3, -0.25) is 9.00 Å². The molecule has 0 saturated carbocycles. The van der Waals surface area contributed by atoms with Crippen molar-refractivity contribution in [2.75, 3.05) is 4.72 Å². The number of imidazole rings is 1. The summed E-state index contributed by atoms with van der Waals surface area (Å²) in [4.78, 5) is 17.8. The number of carbonyl (C=O) groups is 1. The second-order valence-electron chi connectivity index (χ2n) is 6.72. The highest BCUT2D eigenvalue weighted by atomic mass is 35.5. The van der Waals surface area contributed by atoms with Crippen molar-refractivity contribution < 1.29 is 13.6 Å². The third-order valence-electron chi connectivity index (χ3n) is 4.72. The molecule has 4 aromatic rings. The first-order chi connectivity index (χ1) is 14.5. The van der Waals surface area contributed by atoms with Gasteiger partial charge < -0.3 is 13.8 Å². The zero-order valence-corrected chi connectivity index (χ0v) is 17.3. The van der Waals surface area contributed by atoms with Crippen LogP contribution in [0.25, 0.3) is 11.0 Å². The molecule has 6 nitrogen and oxygen atoms in total. The summed E-state index contributed by atoms with van der Waals surface area (Å²) in [6.45, 7) is 0.0736. The van der Waals surface area contributed by atoms with Crippen molar-refractivity contribution in [2.45, 2.75) is 13.0 Å². The van der Waals surface area contributed by atoms with Gasteiger partial charge in [0, 0.05) is 23.3 Å². The van der Waals surface area contributed by atoms with Gasteiger partial charge in [0.1, 0.15) is 5.82 Å². The maximum Gasteiger partial charge on any atom is 0.182 e. The lowest BCUT2D eigenvalue weighted by Gasteiger charge is -2.13. The van der Waals surface area contributed by atoms with E-state index in [1.165, 1.54) is 12.1 Å². The van der Waals surface area contributed by atoms with Gasteiger partial charge in [-0.2, -0.15) is 0 Å². The number of benzene rings is 3. The number of hydrogen-bond acceptors (Lipinski definition) is 4. The van der Waals surface area contributed by atoms with Gasteiger partial charge in [-0.1, -0.05) is 54.1 Å². The fourth-order valence-electron chi connectivity index (χ4n) is 3.32. The Hall–Kier alpha value is -3.00. The molecular weight excluding hydrogens is 422 g/mol. The quantitative estimate of drug-likeness (QED) is 0.343. The normalized spacial score (nSPS) is 12.1. The van der Waals surface area contributed by atoms with Crippen molar-refractivity contribution in [1.82, 2.24) is 9.55 Å². The van der Waals surface area contributed by atoms with Crippen LogP contribution in [0.4, 0.5) is 5.69 Å². The number of ketones is 1. The molecule has 1 heterocycles. The van der Waals surface area contributed by atoms with Crippen molar-refractivity contribution in [3.8, 4) is 0 Å². The highest BCUT2D eigenvalue weighted by Gasteiger charge is 2.16. The van der Waals surface area contributed by atoms with Crippen LogP contribution in [0.1, 0.15) is 21.7 Å². The molecule has 0 aliphatic carbocycles. The van der Waals surface area contributed by atoms with Crippen LogP contribution >= 0.6 is 11.6 Å². The highest BCUT2D eigenvalue weighted by molar-refractivity contribution is 7.80. The molecule has 4 rings (SSSR count). The van der Waals surface area contributed by atoms with E-state index >= 15 is 0 Å². The van der Waals surface area contributed by atoms with Crippen molar-refractivity contribution in [3.63, 3.8) is 0 Å². The van der Waals surface area contributed by atoms with Gasteiger partial charge in [0.25, 0.3) is 0 Å². The second kappa shape index (κ2) is 8.79. The molecule has 0 radical (unpaired) electrons. The predicted octanol–water partition coefficient (Wildman–Crippen LogP) is 4.37. The van der Waals surface area contributed by atoms with E-state index in [1.54, 1.807) is 6.07 Å². The van der Waals surface area contributed by atoms with Crippen LogP contribution in [0, 0.1) is 0 Å². The van der Waals surface area contributed by atoms with Crippen LogP contribution in [0.15, 0.2) is 72.8 Å². The average Bonchev–Trinajstić information content (AvgIpc) is 3.07. The summed E-state index contributed by atoms with van der Waals surface area (Å²) in [5.41, 5.74) is 3.30. The Morgan fingerprint density at radius 1 is 1.07 bits per heavy atom. The van der Waals surface area contributed by atoms with Crippen LogP contribution in [-0.4, -0.2) is 24.1 Å². The molecule has 0 amide bonds. The number of fused-ring (bicyclic) bond motifs is 1. The van der Waals surface area contributed by atoms with E-state index in [0.29, 0.717) is 12.0 Å². The van der Waals surface area contributed by atoms with E-state index < -0.39 is 11.3 Å². The number of anilines is 1. The summed E-state index contributed by atoms with van der Waals surface area (Å²) in [6, 6.07) is 22.1. The molecule has 1 atom stereocenters. The third-order valence-corrected chi connectivity index (χ3v) is 5.44. The highest BCUT2D eigenvalue weighted by Crippen LogP contribution is 2.25. The molecule has 8 heteroatoms. The molecule has 0 spiro atoms. The minimum absolute atomic E-state index is 0.0736. The van der Waals surface area contributed by atoms with E-state index in [9.17, 15) is 13.6 Å². The molecule has 0 bridgehead atoms. The van der Waals surface area contributed by atoms with E-state index in [0.717, 1.165) is 22.4 Å². The molecular formula is C22H17ClN3O3S-. The molecule has 1 N–H and O–H groups in total. The smallest absolute Gasteiger partial charge is 0.182 e. The van der Waals surface area contributed by atoms with E-state index in [2.05, 4.69) is 4.72 Å². The number of nitrogens with zero attached hydrogens (tertiary/aromatic N) is 2. The first-order valence-electron chi connectivity index (χ1n) is 9.18. The Morgan fingerprint density at radius 2 is 1.80 bits per heavy atom. The molecule has 1 unspecified atom stereocenters. The van der Waals surface area contributed by atoms with Gasteiger partial charge in [0.15, 0.2) is 5.78 Å². The minimum Gasteiger partial charge on any atom is -0.755 e. The number of aromatic nitrogens is 2. The Balaban J connectivity index is 1.68. The summed E-state index contributed by atoms with van der Waals surface area (Å²) in [6.07, 6.45) is 0.589. The van der Waals surface area contributed by atoms with Crippen LogP contribution in [-0.2, 0) is 24.2 Å². The third kappa shape index (κ3) is 4.43. The lowest BCUT2D eigenvalue weighted by Crippen LogP contribution is -2.14. The minimum atomic E-state index is -2.54. The number of rotatable bonds is 7. The van der Waals surface area contributed by atoms with Crippen LogP contribution in [0.5, 0.6) is 0 Å². The average molecular weight is 439 g/mol. The largest absolute Gasteiger partial charge is 0.755 e. The zero-order valence-electron chi connectivity index (χ0n) is 15.7. The van der Waals surface area contributed by atoms with Gasteiger partial charge in [0.2, 0.25) is 0 Å². The SMILES string of the molecule is O=C(Cn1c(Cc2ccccc2)nc2ccccc21)c1ccc(Cl)c(NS(=O)[O-])c1. The van der Waals surface area contributed by atoms with E-state index in [4.69, 9.17) is 16.6 Å². The van der Waals surface area contributed by atoms with Gasteiger partial charge in [0.05, 0.1) is 28.3 Å². The molecule has 30 heavy (non-hydrogen) atoms. The first kappa shape index (κ1) is 20.3. The number of halogens is 1. The molecule has 0 fully saturated rings. The first-order valence-corrected chi connectivity index (χ1v) is 10.6. The van der Waals surface area contributed by atoms with Crippen molar-refractivity contribution >= 4 is 45.4 Å². The number of carbonyl (C=O) groups excluding carboxylic acids is 1. The van der Waals surface area contributed by atoms with Crippen LogP contribution in [0.2, 0.25) is 5.02 Å². The second-order valence-corrected chi connectivity index (χ2v) is 7.80. The number of para-hydroxylation sites is 2. The summed E-state index contributed by atoms with van der Waals surface area (Å²) in [7, 11) is 0. The predicted molar refractivity (Wildman–Crippen MR) is 117 cm³/mol. The lowest BCUT2D eigenvalue weighted by molar-refractivity contribution is 0.0972. The fraction of sp³-hybridized carbons (Fsp3) is 0.0909. The zero-order chi connectivity index (χ0) is 21.1. The van der Waals surface area contributed by atoms with Crippen LogP contribution < -0.4 is 4.72 Å². The topological polar surface area (TPSA) is 87.0 Å². The molecule has 0 aliphatic heterocycles. The van der Waals surface area contributed by atoms with Gasteiger partial charge in [-0.15, -0.1) is 0 Å². The van der Waals surface area contributed by atoms with E-state index in [-0.39, 0.29) is 23.0 Å². The molecule has 0 saturated heterocycles. The Labute approximate surface area is 180 Å². The van der Waals surface area contributed by atoms with Gasteiger partial charge in [-0.25, -0.2) is 4.98 Å². The molecule has 1 aromatic heterocycles. The van der Waals surface area contributed by atoms with Gasteiger partial charge in [-0.05, 0) is 35.9 Å². The maximum absolute atomic E-state index is 13.0. The number of Topliss-reactive ketones (excluding diaryl/α,β-unsaturated/α-hetero) is 1. The summed E-state index contributed by atoms with van der Waals surface area (Å²) in [5, 5.41) is 0.216. The van der Waals surface area contributed by atoms with Crippen molar-refractivity contribution in [3.05, 3.63) is 94.8 Å². The Bertz CT molecular complexity index is 1240. The molecule has 3 aromatic carbocycles. The summed E-state index contributed by atoms with van der Waals surface area (Å²) in [5.74, 6) is 0.604. The van der Waals surface area contributed by atoms with E-state index in [1.807, 2.05) is 59.2 Å². The molecule has 0 aliphatic rings. The monoisotopic (exact) mass is 438 g/mol. The van der Waals surface area contributed by atoms with Crippen molar-refractivity contribution in [1.29, 1.82) is 0 Å². The number of nitrogens with one attached hydrogen (secondary N) is 1. The Kier molecular flexibility index (Phi) is 5.94. The van der Waals surface area contributed by atoms with Gasteiger partial charge >= 0.3 is 0 Å². The fourth-order valence-corrected chi connectivity index (χ4v) is 3.89. The number of hydrogen-bond donors (Lipinski definition) is 1. The standard InChI is InChI=1S/C22H18ClN3O3S/c23-17-11-10-16(13-19(17)25-30(28)29)21(27)14-26-20-9-5-4-8-18(20)24-22(26)12-15-6-2-1-3-7-15/h1-11,13,25H,12,14H2,(H,28,29)/p-1. The summed E-state index contributed by atoms with van der Waals surface area (Å²) >= 11 is 3.48. The molecule has 152 valence electrons. The lowest BCUT2D eigenvalue weighted by atomic mass is 10.1. The van der Waals surface area contributed by atoms with Crippen LogP contribution in [0.3, 0.4) is 0 Å². The maximum atomic E-state index is 13.0. The summed E-state index contributed by atoms with van der Waals surface area (Å²) < 4.78 is 26.0. The Morgan fingerprint density at radius 3 is 2.57 bits per heavy atom. The van der Waals surface area contributed by atoms with Crippen molar-refractivity contribution in [2.24, 2.45) is 0 Å².